The average Bonchev–Trinajstić information content (AvgIpc) is 3.32. The normalized spacial score (nSPS) is 14.6. The van der Waals surface area contributed by atoms with E-state index in [0.717, 1.165) is 34.9 Å². The first kappa shape index (κ1) is 29.3. The molecule has 0 aliphatic carbocycles. The zero-order valence-electron chi connectivity index (χ0n) is 22.4. The molecular weight excluding hydrogens is 604 g/mol. The van der Waals surface area contributed by atoms with Gasteiger partial charge in [-0.25, -0.2) is 9.48 Å². The molecule has 1 aliphatic rings. The molecule has 11 heteroatoms. The lowest BCUT2D eigenvalue weighted by Gasteiger charge is -2.28. The van der Waals surface area contributed by atoms with Crippen molar-refractivity contribution in [3.05, 3.63) is 68.3 Å². The Kier molecular flexibility index (Phi) is 10.2. The molecule has 0 spiro atoms. The predicted molar refractivity (Wildman–Crippen MR) is 158 cm³/mol. The molecule has 1 aliphatic heterocycles. The molecule has 2 heterocycles. The molecule has 1 N–H and O–H groups in total. The van der Waals surface area contributed by atoms with Crippen molar-refractivity contribution in [2.45, 2.75) is 57.0 Å². The van der Waals surface area contributed by atoms with Gasteiger partial charge < -0.3 is 19.5 Å². The molecule has 39 heavy (non-hydrogen) atoms. The zero-order valence-corrected chi connectivity index (χ0v) is 25.6. The predicted octanol–water partition coefficient (Wildman–Crippen LogP) is 7.42. The summed E-state index contributed by atoms with van der Waals surface area (Å²) in [5.74, 6) is 1.90. The number of benzene rings is 2. The molecule has 8 nitrogen and oxygen atoms in total. The van der Waals surface area contributed by atoms with E-state index in [-0.39, 0.29) is 6.61 Å². The molecule has 0 radical (unpaired) electrons. The third kappa shape index (κ3) is 6.73. The second-order valence-electron chi connectivity index (χ2n) is 8.92. The number of hydrogen-bond acceptors (Lipinski definition) is 8. The third-order valence-electron chi connectivity index (χ3n) is 6.20. The molecule has 4 rings (SSSR count). The van der Waals surface area contributed by atoms with Crippen molar-refractivity contribution < 1.29 is 19.0 Å². The highest BCUT2D eigenvalue weighted by Crippen LogP contribution is 2.43. The van der Waals surface area contributed by atoms with Crippen LogP contribution in [-0.2, 0) is 15.3 Å². The minimum absolute atomic E-state index is 0.253. The Morgan fingerprint density at radius 3 is 2.74 bits per heavy atom. The number of nitrogens with zero attached hydrogens (tertiary/aromatic N) is 3. The molecule has 208 valence electrons. The van der Waals surface area contributed by atoms with Crippen LogP contribution in [0.1, 0.15) is 57.2 Å². The van der Waals surface area contributed by atoms with E-state index in [0.29, 0.717) is 51.3 Å². The number of allylic oxidation sites excluding steroid dienone is 1. The number of methoxy groups -OCH3 is 1. The van der Waals surface area contributed by atoms with Crippen LogP contribution in [0.5, 0.6) is 11.5 Å². The van der Waals surface area contributed by atoms with Gasteiger partial charge in [0.1, 0.15) is 6.04 Å². The van der Waals surface area contributed by atoms with E-state index in [2.05, 4.69) is 28.2 Å². The summed E-state index contributed by atoms with van der Waals surface area (Å²) in [5, 5.41) is 9.28. The number of halogens is 2. The Labute approximate surface area is 246 Å². The summed E-state index contributed by atoms with van der Waals surface area (Å²) in [7, 11) is 1.60. The van der Waals surface area contributed by atoms with Crippen LogP contribution in [0.15, 0.2) is 57.3 Å². The van der Waals surface area contributed by atoms with E-state index in [1.807, 2.05) is 43.3 Å². The van der Waals surface area contributed by atoms with Gasteiger partial charge in [0.2, 0.25) is 11.1 Å². The fourth-order valence-corrected chi connectivity index (χ4v) is 5.98. The molecule has 1 atom stereocenters. The van der Waals surface area contributed by atoms with Crippen molar-refractivity contribution in [1.29, 1.82) is 0 Å². The van der Waals surface area contributed by atoms with Gasteiger partial charge in [-0.2, -0.15) is 4.98 Å². The highest BCUT2D eigenvalue weighted by molar-refractivity contribution is 9.10. The van der Waals surface area contributed by atoms with E-state index in [1.54, 1.807) is 18.7 Å². The Morgan fingerprint density at radius 1 is 1.23 bits per heavy atom. The zero-order chi connectivity index (χ0) is 27.9. The minimum Gasteiger partial charge on any atom is -0.493 e. The highest BCUT2D eigenvalue weighted by atomic mass is 79.9. The molecule has 0 saturated carbocycles. The highest BCUT2D eigenvalue weighted by Gasteiger charge is 2.36. The summed E-state index contributed by atoms with van der Waals surface area (Å²) < 4.78 is 19.7. The van der Waals surface area contributed by atoms with E-state index in [4.69, 9.17) is 35.9 Å². The maximum atomic E-state index is 13.2. The Bertz CT molecular complexity index is 1360. The van der Waals surface area contributed by atoms with E-state index < -0.39 is 12.0 Å². The van der Waals surface area contributed by atoms with Crippen LogP contribution in [0.25, 0.3) is 0 Å². The van der Waals surface area contributed by atoms with Crippen LogP contribution in [0.2, 0.25) is 5.02 Å². The summed E-state index contributed by atoms with van der Waals surface area (Å²) >= 11 is 11.5. The molecule has 0 saturated heterocycles. The lowest BCUT2D eigenvalue weighted by Crippen LogP contribution is -2.29. The summed E-state index contributed by atoms with van der Waals surface area (Å²) in [6, 6.07) is 10.9. The van der Waals surface area contributed by atoms with Crippen LogP contribution in [0.3, 0.4) is 0 Å². The molecule has 0 bridgehead atoms. The molecule has 2 aromatic carbocycles. The maximum absolute atomic E-state index is 13.2. The molecular formula is C28H32BrClN4O4S. The van der Waals surface area contributed by atoms with E-state index in [9.17, 15) is 4.79 Å². The van der Waals surface area contributed by atoms with Crippen molar-refractivity contribution in [3.63, 3.8) is 0 Å². The SMILES string of the molecule is CCCCCOc1c(Br)cc(C2C(C(=O)OCC)=C(C)Nc3nc(SCc4ccccc4Cl)nn32)cc1OC. The fraction of sp³-hybridized carbons (Fsp3) is 0.393. The molecule has 0 amide bonds. The van der Waals surface area contributed by atoms with Crippen LogP contribution in [-0.4, -0.2) is 41.1 Å². The number of nitrogens with one attached hydrogen (secondary N) is 1. The number of ether oxygens (including phenoxy) is 3. The summed E-state index contributed by atoms with van der Waals surface area (Å²) in [6.45, 7) is 6.62. The van der Waals surface area contributed by atoms with E-state index >= 15 is 0 Å². The number of rotatable bonds is 12. The minimum atomic E-state index is -0.596. The number of anilines is 1. The number of hydrogen-bond donors (Lipinski definition) is 1. The van der Waals surface area contributed by atoms with E-state index in [1.165, 1.54) is 11.8 Å². The maximum Gasteiger partial charge on any atom is 0.338 e. The second kappa shape index (κ2) is 13.6. The first-order valence-electron chi connectivity index (χ1n) is 12.9. The third-order valence-corrected chi connectivity index (χ3v) is 8.05. The molecule has 3 aromatic rings. The Morgan fingerprint density at radius 2 is 2.03 bits per heavy atom. The number of carbonyl (C=O) groups is 1. The van der Waals surface area contributed by atoms with Gasteiger partial charge in [-0.1, -0.05) is 61.3 Å². The number of unbranched alkanes of at least 4 members (excludes halogenated alkanes) is 2. The van der Waals surface area contributed by atoms with Gasteiger partial charge in [0.15, 0.2) is 11.5 Å². The Balaban J connectivity index is 1.72. The first-order chi connectivity index (χ1) is 18.9. The van der Waals surface area contributed by atoms with Gasteiger partial charge in [-0.3, -0.25) is 0 Å². The number of fused-ring (bicyclic) bond motifs is 1. The largest absolute Gasteiger partial charge is 0.493 e. The van der Waals surface area contributed by atoms with Gasteiger partial charge in [0.05, 0.1) is 30.4 Å². The van der Waals surface area contributed by atoms with Gasteiger partial charge in [-0.15, -0.1) is 5.10 Å². The fourth-order valence-electron chi connectivity index (χ4n) is 4.30. The Hall–Kier alpha value is -2.69. The average molecular weight is 636 g/mol. The monoisotopic (exact) mass is 634 g/mol. The summed E-state index contributed by atoms with van der Waals surface area (Å²) in [4.78, 5) is 17.9. The van der Waals surface area contributed by atoms with Gasteiger partial charge >= 0.3 is 5.97 Å². The molecule has 0 fully saturated rings. The smallest absolute Gasteiger partial charge is 0.338 e. The lowest BCUT2D eigenvalue weighted by molar-refractivity contribution is -0.139. The number of esters is 1. The van der Waals surface area contributed by atoms with Crippen molar-refractivity contribution in [2.75, 3.05) is 25.6 Å². The number of aromatic nitrogens is 3. The standard InChI is InChI=1S/C28H32BrClN4O4S/c1-5-7-10-13-38-25-20(29)14-19(15-22(25)36-4)24-23(26(35)37-6-2)17(3)31-27-32-28(33-34(24)27)39-16-18-11-8-9-12-21(18)30/h8-9,11-12,14-15,24H,5-7,10,13,16H2,1-4H3,(H,31,32,33). The quantitative estimate of drug-likeness (QED) is 0.125. The van der Waals surface area contributed by atoms with Gasteiger partial charge in [0, 0.05) is 16.5 Å². The van der Waals surface area contributed by atoms with Crippen molar-refractivity contribution in [2.24, 2.45) is 0 Å². The van der Waals surface area contributed by atoms with Crippen LogP contribution < -0.4 is 14.8 Å². The second-order valence-corrected chi connectivity index (χ2v) is 11.1. The lowest BCUT2D eigenvalue weighted by atomic mass is 9.95. The summed E-state index contributed by atoms with van der Waals surface area (Å²) in [5.41, 5.74) is 2.86. The van der Waals surface area contributed by atoms with Crippen molar-refractivity contribution in [1.82, 2.24) is 14.8 Å². The van der Waals surface area contributed by atoms with Crippen LogP contribution >= 0.6 is 39.3 Å². The number of thioether (sulfide) groups is 1. The first-order valence-corrected chi connectivity index (χ1v) is 15.0. The van der Waals surface area contributed by atoms with Crippen molar-refractivity contribution >= 4 is 51.2 Å². The van der Waals surface area contributed by atoms with Gasteiger partial charge in [0.25, 0.3) is 0 Å². The molecule has 1 unspecified atom stereocenters. The topological polar surface area (TPSA) is 87.5 Å². The van der Waals surface area contributed by atoms with Crippen LogP contribution in [0, 0.1) is 0 Å². The number of carbonyl (C=O) groups excluding carboxylic acids is 1. The van der Waals surface area contributed by atoms with Crippen LogP contribution in [0.4, 0.5) is 5.95 Å². The summed E-state index contributed by atoms with van der Waals surface area (Å²) in [6.07, 6.45) is 3.15. The molecule has 1 aromatic heterocycles. The van der Waals surface area contributed by atoms with Crippen molar-refractivity contribution in [3.8, 4) is 11.5 Å². The van der Waals surface area contributed by atoms with Gasteiger partial charge in [-0.05, 0) is 65.5 Å².